The predicted octanol–water partition coefficient (Wildman–Crippen LogP) is 3.28. The number of hydrogen-bond acceptors (Lipinski definition) is 5. The van der Waals surface area contributed by atoms with Crippen LogP contribution in [0.3, 0.4) is 0 Å². The third-order valence-electron chi connectivity index (χ3n) is 4.49. The minimum absolute atomic E-state index is 0.282. The molecule has 4 rings (SSSR count). The van der Waals surface area contributed by atoms with Gasteiger partial charge in [0.2, 0.25) is 0 Å². The second-order valence-corrected chi connectivity index (χ2v) is 7.96. The van der Waals surface area contributed by atoms with Gasteiger partial charge in [-0.3, -0.25) is 14.2 Å². The summed E-state index contributed by atoms with van der Waals surface area (Å²) in [4.78, 5) is 17.0. The molecule has 0 atom stereocenters. The number of amides is 1. The molecule has 9 nitrogen and oxygen atoms in total. The first-order valence-electron chi connectivity index (χ1n) is 9.08. The van der Waals surface area contributed by atoms with Gasteiger partial charge in [0.1, 0.15) is 5.69 Å². The molecule has 1 amide bonds. The zero-order valence-electron chi connectivity index (χ0n) is 15.8. The Labute approximate surface area is 183 Å². The van der Waals surface area contributed by atoms with Crippen LogP contribution in [0.5, 0.6) is 0 Å². The third-order valence-corrected chi connectivity index (χ3v) is 5.73. The first-order chi connectivity index (χ1) is 14.0. The number of nitrogens with zero attached hydrogens (tertiary/aromatic N) is 7. The largest absolute Gasteiger partial charge is 0.345 e. The molecule has 4 heterocycles. The van der Waals surface area contributed by atoms with Gasteiger partial charge in [-0.05, 0) is 51.8 Å². The molecule has 1 N–H and O–H groups in total. The molecule has 4 aromatic heterocycles. The summed E-state index contributed by atoms with van der Waals surface area (Å²) in [5.74, 6) is -0.282. The number of aromatic nitrogens is 7. The molecule has 150 valence electrons. The number of hydrogen-bond donors (Lipinski definition) is 1. The zero-order chi connectivity index (χ0) is 20.5. The van der Waals surface area contributed by atoms with Gasteiger partial charge in [0.05, 0.1) is 33.1 Å². The van der Waals surface area contributed by atoms with Crippen LogP contribution in [0.15, 0.2) is 39.7 Å². The van der Waals surface area contributed by atoms with E-state index < -0.39 is 0 Å². The van der Waals surface area contributed by atoms with Crippen LogP contribution in [0.4, 0.5) is 0 Å². The lowest BCUT2D eigenvalue weighted by atomic mass is 10.3. The summed E-state index contributed by atoms with van der Waals surface area (Å²) in [6.07, 6.45) is 5.31. The molecular formula is C18H18Br2N8O. The Morgan fingerprint density at radius 3 is 2.72 bits per heavy atom. The molecule has 0 fully saturated rings. The topological polar surface area (TPSA) is 94.9 Å². The van der Waals surface area contributed by atoms with Crippen LogP contribution in [-0.2, 0) is 19.6 Å². The number of aryl methyl sites for hydroxylation is 2. The maximum absolute atomic E-state index is 12.7. The summed E-state index contributed by atoms with van der Waals surface area (Å²) in [6.45, 7) is 5.83. The molecule has 0 aromatic carbocycles. The van der Waals surface area contributed by atoms with Crippen molar-refractivity contribution in [2.24, 2.45) is 0 Å². The average Bonchev–Trinajstić information content (AvgIpc) is 3.42. The summed E-state index contributed by atoms with van der Waals surface area (Å²) < 4.78 is 7.00. The van der Waals surface area contributed by atoms with Crippen molar-refractivity contribution in [1.29, 1.82) is 0 Å². The van der Waals surface area contributed by atoms with E-state index in [2.05, 4.69) is 57.5 Å². The van der Waals surface area contributed by atoms with Crippen LogP contribution in [0.1, 0.15) is 30.0 Å². The monoisotopic (exact) mass is 520 g/mol. The summed E-state index contributed by atoms with van der Waals surface area (Å²) in [5.41, 5.74) is 3.25. The highest BCUT2D eigenvalue weighted by molar-refractivity contribution is 9.10. The van der Waals surface area contributed by atoms with Crippen LogP contribution in [0.25, 0.3) is 17.0 Å². The molecule has 4 aromatic rings. The van der Waals surface area contributed by atoms with Crippen LogP contribution in [0.2, 0.25) is 0 Å². The quantitative estimate of drug-likeness (QED) is 0.420. The molecule has 0 saturated heterocycles. The van der Waals surface area contributed by atoms with Crippen LogP contribution in [-0.4, -0.2) is 40.1 Å². The van der Waals surface area contributed by atoms with Gasteiger partial charge in [0.15, 0.2) is 11.3 Å². The van der Waals surface area contributed by atoms with Gasteiger partial charge in [-0.15, -0.1) is 0 Å². The van der Waals surface area contributed by atoms with E-state index in [0.29, 0.717) is 12.2 Å². The van der Waals surface area contributed by atoms with E-state index in [4.69, 9.17) is 0 Å². The normalized spacial score (nSPS) is 11.3. The van der Waals surface area contributed by atoms with Crippen molar-refractivity contribution >= 4 is 43.4 Å². The fourth-order valence-corrected chi connectivity index (χ4v) is 3.96. The molecule has 0 unspecified atom stereocenters. The van der Waals surface area contributed by atoms with Crippen LogP contribution in [0, 0.1) is 0 Å². The molecule has 0 saturated carbocycles. The number of halogens is 2. The van der Waals surface area contributed by atoms with Gasteiger partial charge < -0.3 is 5.32 Å². The van der Waals surface area contributed by atoms with Gasteiger partial charge in [0.25, 0.3) is 5.91 Å². The highest BCUT2D eigenvalue weighted by Crippen LogP contribution is 2.27. The van der Waals surface area contributed by atoms with E-state index in [9.17, 15) is 4.79 Å². The molecule has 0 spiro atoms. The first kappa shape index (κ1) is 19.8. The molecule has 0 aliphatic heterocycles. The van der Waals surface area contributed by atoms with Crippen molar-refractivity contribution in [1.82, 2.24) is 39.5 Å². The summed E-state index contributed by atoms with van der Waals surface area (Å²) in [5, 5.41) is 16.2. The Morgan fingerprint density at radius 1 is 1.17 bits per heavy atom. The van der Waals surface area contributed by atoms with Crippen molar-refractivity contribution < 1.29 is 4.79 Å². The Balaban J connectivity index is 1.63. The molecule has 0 aliphatic carbocycles. The number of carbonyl (C=O) groups is 1. The van der Waals surface area contributed by atoms with E-state index in [1.165, 1.54) is 0 Å². The lowest BCUT2D eigenvalue weighted by molar-refractivity contribution is 0.0944. The number of carbonyl (C=O) groups excluding carboxylic acids is 1. The highest BCUT2D eigenvalue weighted by atomic mass is 79.9. The van der Waals surface area contributed by atoms with Gasteiger partial charge >= 0.3 is 0 Å². The van der Waals surface area contributed by atoms with Gasteiger partial charge in [-0.1, -0.05) is 0 Å². The fourth-order valence-electron chi connectivity index (χ4n) is 3.01. The summed E-state index contributed by atoms with van der Waals surface area (Å²) >= 11 is 7.01. The molecule has 29 heavy (non-hydrogen) atoms. The van der Waals surface area contributed by atoms with E-state index >= 15 is 0 Å². The van der Waals surface area contributed by atoms with E-state index in [1.54, 1.807) is 23.0 Å². The standard InChI is InChI=1S/C18H18Br2N8O/c1-3-26-10-12(20)17(25-26)14-5-6-21-16-7-13(24-28(14)16)18(29)22-9-15-11(19)8-23-27(15)4-2/h5-8,10H,3-4,9H2,1-2H3,(H,22,29). The van der Waals surface area contributed by atoms with Crippen molar-refractivity contribution in [3.05, 3.63) is 51.1 Å². The van der Waals surface area contributed by atoms with Gasteiger partial charge in [-0.25, -0.2) is 9.50 Å². The summed E-state index contributed by atoms with van der Waals surface area (Å²) in [7, 11) is 0. The Bertz CT molecular complexity index is 1190. The maximum Gasteiger partial charge on any atom is 0.272 e. The summed E-state index contributed by atoms with van der Waals surface area (Å²) in [6, 6.07) is 3.49. The average molecular weight is 522 g/mol. The van der Waals surface area contributed by atoms with Crippen LogP contribution < -0.4 is 5.32 Å². The minimum atomic E-state index is -0.282. The SMILES string of the molecule is CCn1cc(Br)c(-c2ccnc3cc(C(=O)NCc4c(Br)cnn4CC)nn23)n1. The molecular weight excluding hydrogens is 504 g/mol. The lowest BCUT2D eigenvalue weighted by Gasteiger charge is -2.06. The molecule has 0 bridgehead atoms. The van der Waals surface area contributed by atoms with E-state index in [-0.39, 0.29) is 11.6 Å². The fraction of sp³-hybridized carbons (Fsp3) is 0.278. The first-order valence-corrected chi connectivity index (χ1v) is 10.7. The van der Waals surface area contributed by atoms with Gasteiger partial charge in [-0.2, -0.15) is 15.3 Å². The van der Waals surface area contributed by atoms with Crippen molar-refractivity contribution in [2.45, 2.75) is 33.5 Å². The third kappa shape index (κ3) is 3.71. The Hall–Kier alpha value is -2.53. The van der Waals surface area contributed by atoms with Gasteiger partial charge in [0, 0.05) is 31.5 Å². The second kappa shape index (κ2) is 8.07. The smallest absolute Gasteiger partial charge is 0.272 e. The number of nitrogens with one attached hydrogen (secondary N) is 1. The van der Waals surface area contributed by atoms with Crippen molar-refractivity contribution in [2.75, 3.05) is 0 Å². The number of rotatable bonds is 6. The zero-order valence-corrected chi connectivity index (χ0v) is 19.0. The van der Waals surface area contributed by atoms with E-state index in [0.717, 1.165) is 39.1 Å². The Morgan fingerprint density at radius 2 is 2.00 bits per heavy atom. The van der Waals surface area contributed by atoms with Crippen molar-refractivity contribution in [3.8, 4) is 11.4 Å². The highest BCUT2D eigenvalue weighted by Gasteiger charge is 2.18. The number of fused-ring (bicyclic) bond motifs is 1. The maximum atomic E-state index is 12.7. The molecule has 0 aliphatic rings. The second-order valence-electron chi connectivity index (χ2n) is 6.25. The predicted molar refractivity (Wildman–Crippen MR) is 114 cm³/mol. The van der Waals surface area contributed by atoms with Crippen LogP contribution >= 0.6 is 31.9 Å². The molecule has 11 heteroatoms. The van der Waals surface area contributed by atoms with E-state index in [1.807, 2.05) is 35.5 Å². The minimum Gasteiger partial charge on any atom is -0.345 e. The molecule has 0 radical (unpaired) electrons. The Kier molecular flexibility index (Phi) is 5.50. The lowest BCUT2D eigenvalue weighted by Crippen LogP contribution is -2.25. The van der Waals surface area contributed by atoms with Crippen molar-refractivity contribution in [3.63, 3.8) is 0 Å².